The summed E-state index contributed by atoms with van der Waals surface area (Å²) < 4.78 is 26.5. The van der Waals surface area contributed by atoms with Crippen LogP contribution in [0.4, 0.5) is 8.78 Å². The largest absolute Gasteiger partial charge is 0.379 e. The maximum absolute atomic E-state index is 13.5. The lowest BCUT2D eigenvalue weighted by molar-refractivity contribution is -0.150. The maximum Gasteiger partial charge on any atom is 0.339 e. The van der Waals surface area contributed by atoms with E-state index in [-0.39, 0.29) is 30.0 Å². The zero-order chi connectivity index (χ0) is 21.3. The van der Waals surface area contributed by atoms with Crippen LogP contribution in [0.2, 0.25) is 0 Å². The number of oxime groups is 1. The molecule has 9 heteroatoms. The molecule has 1 aromatic heterocycles. The Kier molecular flexibility index (Phi) is 5.26. The van der Waals surface area contributed by atoms with E-state index in [9.17, 15) is 18.4 Å². The number of nitrogens with two attached hydrogens (primary N) is 1. The highest BCUT2D eigenvalue weighted by Crippen LogP contribution is 2.30. The minimum Gasteiger partial charge on any atom is -0.379 e. The van der Waals surface area contributed by atoms with Gasteiger partial charge in [0.25, 0.3) is 5.91 Å². The molecular weight excluding hydrogens is 394 g/mol. The van der Waals surface area contributed by atoms with Gasteiger partial charge < -0.3 is 15.5 Å². The topological polar surface area (TPSA) is 97.9 Å². The Labute approximate surface area is 170 Å². The van der Waals surface area contributed by atoms with E-state index in [0.717, 1.165) is 12.3 Å². The molecular formula is C21H18F2N4O3. The normalized spacial score (nSPS) is 20.9. The lowest BCUT2D eigenvalue weighted by atomic mass is 9.92. The van der Waals surface area contributed by atoms with Crippen LogP contribution in [0.5, 0.6) is 0 Å². The number of amidine groups is 1. The van der Waals surface area contributed by atoms with E-state index in [1.54, 1.807) is 11.0 Å². The molecule has 2 aliphatic heterocycles. The number of rotatable bonds is 3. The van der Waals surface area contributed by atoms with Gasteiger partial charge in [0.05, 0.1) is 18.2 Å². The number of fused-ring (bicyclic) bond motifs is 2. The summed E-state index contributed by atoms with van der Waals surface area (Å²) in [7, 11) is 0. The van der Waals surface area contributed by atoms with Gasteiger partial charge in [-0.1, -0.05) is 17.3 Å². The molecule has 0 radical (unpaired) electrons. The maximum atomic E-state index is 13.5. The second-order valence-electron chi connectivity index (χ2n) is 7.14. The van der Waals surface area contributed by atoms with Crippen LogP contribution in [0.25, 0.3) is 6.08 Å². The van der Waals surface area contributed by atoms with Crippen molar-refractivity contribution in [2.45, 2.75) is 18.9 Å². The molecule has 4 rings (SSSR count). The molecule has 1 saturated heterocycles. The SMILES string of the molecule is N/C(=N\OC(=O)[C@H]1CC[C@H]2C=Cc3cc(F)ccc3C(=O)N2C1)c1ccc(F)cn1. The predicted molar refractivity (Wildman–Crippen MR) is 104 cm³/mol. The van der Waals surface area contributed by atoms with Crippen LogP contribution in [-0.2, 0) is 9.63 Å². The molecule has 0 unspecified atom stereocenters. The zero-order valence-electron chi connectivity index (χ0n) is 15.8. The highest BCUT2D eigenvalue weighted by Gasteiger charge is 2.36. The second kappa shape index (κ2) is 8.02. The van der Waals surface area contributed by atoms with Crippen molar-refractivity contribution in [1.29, 1.82) is 0 Å². The van der Waals surface area contributed by atoms with Gasteiger partial charge in [0.2, 0.25) is 0 Å². The van der Waals surface area contributed by atoms with Crippen LogP contribution < -0.4 is 5.73 Å². The summed E-state index contributed by atoms with van der Waals surface area (Å²) in [4.78, 5) is 35.7. The van der Waals surface area contributed by atoms with Crippen molar-refractivity contribution < 1.29 is 23.2 Å². The molecule has 1 fully saturated rings. The molecule has 1 aromatic carbocycles. The van der Waals surface area contributed by atoms with Crippen LogP contribution in [-0.4, -0.2) is 40.2 Å². The fourth-order valence-corrected chi connectivity index (χ4v) is 3.60. The van der Waals surface area contributed by atoms with E-state index in [2.05, 4.69) is 10.1 Å². The first-order chi connectivity index (χ1) is 14.4. The van der Waals surface area contributed by atoms with Gasteiger partial charge >= 0.3 is 5.97 Å². The molecule has 0 bridgehead atoms. The minimum absolute atomic E-state index is 0.147. The minimum atomic E-state index is -0.626. The quantitative estimate of drug-likeness (QED) is 0.362. The number of nitrogens with zero attached hydrogens (tertiary/aromatic N) is 3. The summed E-state index contributed by atoms with van der Waals surface area (Å²) in [5.41, 5.74) is 6.79. The summed E-state index contributed by atoms with van der Waals surface area (Å²) in [6.45, 7) is 0.147. The number of carbonyl (C=O) groups is 2. The lowest BCUT2D eigenvalue weighted by Gasteiger charge is -2.36. The number of hydrogen-bond acceptors (Lipinski definition) is 5. The Morgan fingerprint density at radius 3 is 2.77 bits per heavy atom. The molecule has 154 valence electrons. The van der Waals surface area contributed by atoms with E-state index in [1.165, 1.54) is 24.3 Å². The Balaban J connectivity index is 1.46. The third-order valence-electron chi connectivity index (χ3n) is 5.19. The molecule has 2 aliphatic rings. The molecule has 30 heavy (non-hydrogen) atoms. The van der Waals surface area contributed by atoms with Gasteiger partial charge in [-0.2, -0.15) is 0 Å². The second-order valence-corrected chi connectivity index (χ2v) is 7.14. The van der Waals surface area contributed by atoms with Crippen LogP contribution in [0.3, 0.4) is 0 Å². The van der Waals surface area contributed by atoms with Crippen molar-refractivity contribution in [3.8, 4) is 0 Å². The van der Waals surface area contributed by atoms with Crippen molar-refractivity contribution >= 4 is 23.8 Å². The number of amides is 1. The molecule has 2 N–H and O–H groups in total. The molecule has 0 saturated carbocycles. The summed E-state index contributed by atoms with van der Waals surface area (Å²) in [6.07, 6.45) is 5.61. The van der Waals surface area contributed by atoms with Crippen LogP contribution in [0, 0.1) is 17.6 Å². The number of aromatic nitrogens is 1. The smallest absolute Gasteiger partial charge is 0.339 e. The predicted octanol–water partition coefficient (Wildman–Crippen LogP) is 2.47. The molecule has 0 spiro atoms. The van der Waals surface area contributed by atoms with Gasteiger partial charge in [-0.15, -0.1) is 0 Å². The van der Waals surface area contributed by atoms with Gasteiger partial charge in [-0.25, -0.2) is 18.6 Å². The van der Waals surface area contributed by atoms with Gasteiger partial charge in [0, 0.05) is 12.1 Å². The number of halogens is 2. The van der Waals surface area contributed by atoms with Crippen LogP contribution in [0.15, 0.2) is 47.8 Å². The number of piperidine rings is 1. The first-order valence-electron chi connectivity index (χ1n) is 9.37. The van der Waals surface area contributed by atoms with Crippen LogP contribution >= 0.6 is 0 Å². The number of hydrogen-bond donors (Lipinski definition) is 1. The average molecular weight is 412 g/mol. The highest BCUT2D eigenvalue weighted by molar-refractivity contribution is 5.99. The Hall–Kier alpha value is -3.62. The van der Waals surface area contributed by atoms with Crippen molar-refractivity contribution in [1.82, 2.24) is 9.88 Å². The average Bonchev–Trinajstić information content (AvgIpc) is 2.88. The zero-order valence-corrected chi connectivity index (χ0v) is 15.8. The summed E-state index contributed by atoms with van der Waals surface area (Å²) in [5, 5.41) is 3.59. The third kappa shape index (κ3) is 3.91. The standard InChI is InChI=1S/C21H18F2N4O3/c22-14-3-7-17-12(9-14)1-5-16-6-2-13(11-27(16)20(17)28)21(29)30-26-19(24)18-8-4-15(23)10-25-18/h1,3-5,7-10,13,16H,2,6,11H2,(H2,24,26)/t13-,16+/m0/s1. The Bertz CT molecular complexity index is 1050. The summed E-state index contributed by atoms with van der Waals surface area (Å²) >= 11 is 0. The Morgan fingerprint density at radius 2 is 2.00 bits per heavy atom. The monoisotopic (exact) mass is 412 g/mol. The summed E-state index contributed by atoms with van der Waals surface area (Å²) in [5.74, 6) is -2.59. The molecule has 1 amide bonds. The highest BCUT2D eigenvalue weighted by atomic mass is 19.1. The van der Waals surface area contributed by atoms with Gasteiger partial charge in [-0.05, 0) is 48.7 Å². The van der Waals surface area contributed by atoms with Crippen LogP contribution in [0.1, 0.15) is 34.5 Å². The van der Waals surface area contributed by atoms with Gasteiger partial charge in [0.15, 0.2) is 5.84 Å². The molecule has 7 nitrogen and oxygen atoms in total. The first kappa shape index (κ1) is 19.7. The lowest BCUT2D eigenvalue weighted by Crippen LogP contribution is -2.47. The molecule has 2 atom stereocenters. The van der Waals surface area contributed by atoms with Crippen molar-refractivity contribution in [3.63, 3.8) is 0 Å². The first-order valence-corrected chi connectivity index (χ1v) is 9.37. The number of pyridine rings is 1. The molecule has 3 heterocycles. The Morgan fingerprint density at radius 1 is 1.20 bits per heavy atom. The third-order valence-corrected chi connectivity index (χ3v) is 5.19. The van der Waals surface area contributed by atoms with E-state index in [4.69, 9.17) is 10.6 Å². The van der Waals surface area contributed by atoms with Crippen molar-refractivity contribution in [3.05, 3.63) is 71.1 Å². The van der Waals surface area contributed by atoms with Gasteiger partial charge in [0.1, 0.15) is 17.3 Å². The summed E-state index contributed by atoms with van der Waals surface area (Å²) in [6, 6.07) is 6.29. The molecule has 2 aromatic rings. The van der Waals surface area contributed by atoms with Crippen molar-refractivity contribution in [2.75, 3.05) is 6.54 Å². The van der Waals surface area contributed by atoms with E-state index in [1.807, 2.05) is 6.08 Å². The van der Waals surface area contributed by atoms with Crippen molar-refractivity contribution in [2.24, 2.45) is 16.8 Å². The number of benzene rings is 1. The number of carbonyl (C=O) groups excluding carboxylic acids is 2. The van der Waals surface area contributed by atoms with E-state index >= 15 is 0 Å². The van der Waals surface area contributed by atoms with E-state index < -0.39 is 23.5 Å². The molecule has 0 aliphatic carbocycles. The fourth-order valence-electron chi connectivity index (χ4n) is 3.60. The van der Waals surface area contributed by atoms with E-state index in [0.29, 0.717) is 24.0 Å². The fraction of sp³-hybridized carbons (Fsp3) is 0.238. The van der Waals surface area contributed by atoms with Gasteiger partial charge in [-0.3, -0.25) is 4.79 Å².